The molecule has 5 heteroatoms. The lowest BCUT2D eigenvalue weighted by Gasteiger charge is -2.12. The van der Waals surface area contributed by atoms with E-state index < -0.39 is 0 Å². The van der Waals surface area contributed by atoms with Gasteiger partial charge in [-0.2, -0.15) is 0 Å². The topological polar surface area (TPSA) is 66.0 Å². The lowest BCUT2D eigenvalue weighted by atomic mass is 10.1. The summed E-state index contributed by atoms with van der Waals surface area (Å²) < 4.78 is 7.58. The predicted molar refractivity (Wildman–Crippen MR) is 69.1 cm³/mol. The molecule has 0 aliphatic rings. The van der Waals surface area contributed by atoms with Gasteiger partial charge in [-0.25, -0.2) is 4.68 Å². The van der Waals surface area contributed by atoms with Gasteiger partial charge in [0.2, 0.25) is 0 Å². The van der Waals surface area contributed by atoms with Crippen LogP contribution in [0.15, 0.2) is 18.2 Å². The summed E-state index contributed by atoms with van der Waals surface area (Å²) in [7, 11) is 1.84. The monoisotopic (exact) mass is 246 g/mol. The van der Waals surface area contributed by atoms with Crippen LogP contribution in [0, 0.1) is 13.8 Å². The quantitative estimate of drug-likeness (QED) is 0.887. The molecule has 2 N–H and O–H groups in total. The Bertz CT molecular complexity index is 528. The molecule has 2 aromatic rings. The fourth-order valence-electron chi connectivity index (χ4n) is 1.92. The predicted octanol–water partition coefficient (Wildman–Crippen LogP) is 1.47. The molecule has 0 unspecified atom stereocenters. The number of aromatic nitrogens is 3. The highest BCUT2D eigenvalue weighted by molar-refractivity contribution is 5.39. The van der Waals surface area contributed by atoms with Gasteiger partial charge >= 0.3 is 0 Å². The molecule has 0 bridgehead atoms. The van der Waals surface area contributed by atoms with Crippen molar-refractivity contribution in [1.29, 1.82) is 0 Å². The van der Waals surface area contributed by atoms with E-state index in [4.69, 9.17) is 10.5 Å². The minimum Gasteiger partial charge on any atom is -0.487 e. The van der Waals surface area contributed by atoms with E-state index in [1.807, 2.05) is 39.1 Å². The second kappa shape index (κ2) is 5.18. The Morgan fingerprint density at radius 3 is 2.56 bits per heavy atom. The molecule has 1 aromatic heterocycles. The average Bonchev–Trinajstić information content (AvgIpc) is 2.70. The highest BCUT2D eigenvalue weighted by atomic mass is 16.5. The van der Waals surface area contributed by atoms with Crippen molar-refractivity contribution in [1.82, 2.24) is 15.0 Å². The number of nitrogens with two attached hydrogens (primary N) is 1. The Labute approximate surface area is 107 Å². The normalized spacial score (nSPS) is 10.7. The third kappa shape index (κ3) is 2.36. The van der Waals surface area contributed by atoms with Crippen LogP contribution in [0.5, 0.6) is 5.75 Å². The van der Waals surface area contributed by atoms with E-state index in [1.54, 1.807) is 4.68 Å². The smallest absolute Gasteiger partial charge is 0.132 e. The van der Waals surface area contributed by atoms with Crippen molar-refractivity contribution in [2.24, 2.45) is 12.8 Å². The molecule has 0 aliphatic carbocycles. The van der Waals surface area contributed by atoms with Gasteiger partial charge in [-0.3, -0.25) is 0 Å². The highest BCUT2D eigenvalue weighted by Crippen LogP contribution is 2.23. The Balaban J connectivity index is 2.19. The lowest BCUT2D eigenvalue weighted by molar-refractivity contribution is 0.289. The maximum atomic E-state index is 5.88. The first-order valence-electron chi connectivity index (χ1n) is 5.90. The van der Waals surface area contributed by atoms with E-state index in [0.29, 0.717) is 13.2 Å². The summed E-state index contributed by atoms with van der Waals surface area (Å²) in [5.74, 6) is 0.918. The Morgan fingerprint density at radius 1 is 1.28 bits per heavy atom. The zero-order valence-corrected chi connectivity index (χ0v) is 11.0. The Morgan fingerprint density at radius 2 is 1.94 bits per heavy atom. The van der Waals surface area contributed by atoms with Crippen LogP contribution in [0.25, 0.3) is 0 Å². The first kappa shape index (κ1) is 12.6. The van der Waals surface area contributed by atoms with E-state index in [-0.39, 0.29) is 0 Å². The van der Waals surface area contributed by atoms with Crippen molar-refractivity contribution in [3.05, 3.63) is 40.7 Å². The summed E-state index contributed by atoms with van der Waals surface area (Å²) in [4.78, 5) is 0. The molecule has 1 aromatic carbocycles. The van der Waals surface area contributed by atoms with Gasteiger partial charge in [0, 0.05) is 13.6 Å². The van der Waals surface area contributed by atoms with Gasteiger partial charge in [0.15, 0.2) is 0 Å². The maximum absolute atomic E-state index is 5.88. The minimum absolute atomic E-state index is 0.374. The number of hydrogen-bond acceptors (Lipinski definition) is 4. The van der Waals surface area contributed by atoms with Crippen LogP contribution in [0.2, 0.25) is 0 Å². The van der Waals surface area contributed by atoms with Crippen molar-refractivity contribution in [3.8, 4) is 5.75 Å². The van der Waals surface area contributed by atoms with Crippen molar-refractivity contribution in [3.63, 3.8) is 0 Å². The standard InChI is InChI=1S/C13H18N4O/c1-9-5-4-6-10(2)13(9)18-8-12-11(7-14)15-16-17(12)3/h4-6H,7-8,14H2,1-3H3. The molecule has 2 rings (SSSR count). The molecule has 1 heterocycles. The highest BCUT2D eigenvalue weighted by Gasteiger charge is 2.11. The van der Waals surface area contributed by atoms with Gasteiger partial charge in [-0.1, -0.05) is 23.4 Å². The summed E-state index contributed by atoms with van der Waals surface area (Å²) in [6.45, 7) is 4.88. The van der Waals surface area contributed by atoms with Crippen LogP contribution in [-0.2, 0) is 20.2 Å². The lowest BCUT2D eigenvalue weighted by Crippen LogP contribution is -2.09. The average molecular weight is 246 g/mol. The molecule has 0 aliphatic heterocycles. The van der Waals surface area contributed by atoms with Crippen molar-refractivity contribution < 1.29 is 4.74 Å². The fraction of sp³-hybridized carbons (Fsp3) is 0.385. The van der Waals surface area contributed by atoms with E-state index in [0.717, 1.165) is 28.3 Å². The van der Waals surface area contributed by atoms with Gasteiger partial charge in [-0.15, -0.1) is 5.10 Å². The van der Waals surface area contributed by atoms with E-state index in [9.17, 15) is 0 Å². The molecule has 0 fully saturated rings. The second-order valence-corrected chi connectivity index (χ2v) is 4.32. The number of aryl methyl sites for hydroxylation is 3. The second-order valence-electron chi connectivity index (χ2n) is 4.32. The fourth-order valence-corrected chi connectivity index (χ4v) is 1.92. The van der Waals surface area contributed by atoms with Crippen LogP contribution in [0.3, 0.4) is 0 Å². The zero-order chi connectivity index (χ0) is 13.1. The van der Waals surface area contributed by atoms with Crippen molar-refractivity contribution in [2.75, 3.05) is 0 Å². The molecule has 0 saturated heterocycles. The van der Waals surface area contributed by atoms with Crippen LogP contribution >= 0.6 is 0 Å². The van der Waals surface area contributed by atoms with E-state index >= 15 is 0 Å². The molecule has 96 valence electrons. The molecule has 5 nitrogen and oxygen atoms in total. The largest absolute Gasteiger partial charge is 0.487 e. The minimum atomic E-state index is 0.374. The summed E-state index contributed by atoms with van der Waals surface area (Å²) >= 11 is 0. The number of nitrogens with zero attached hydrogens (tertiary/aromatic N) is 3. The van der Waals surface area contributed by atoms with Crippen molar-refractivity contribution in [2.45, 2.75) is 27.0 Å². The third-order valence-electron chi connectivity index (χ3n) is 2.98. The van der Waals surface area contributed by atoms with Gasteiger partial charge in [0.05, 0.1) is 0 Å². The molecule has 0 spiro atoms. The summed E-state index contributed by atoms with van der Waals surface area (Å²) in [6, 6.07) is 6.09. The number of rotatable bonds is 4. The van der Waals surface area contributed by atoms with E-state index in [1.165, 1.54) is 0 Å². The van der Waals surface area contributed by atoms with Crippen molar-refractivity contribution >= 4 is 0 Å². The Kier molecular flexibility index (Phi) is 3.62. The molecule has 0 amide bonds. The molecular formula is C13H18N4O. The van der Waals surface area contributed by atoms with Gasteiger partial charge < -0.3 is 10.5 Å². The van der Waals surface area contributed by atoms with Gasteiger partial charge in [-0.05, 0) is 25.0 Å². The SMILES string of the molecule is Cc1cccc(C)c1OCc1c(CN)nnn1C. The van der Waals surface area contributed by atoms with Crippen LogP contribution in [0.1, 0.15) is 22.5 Å². The molecule has 0 radical (unpaired) electrons. The zero-order valence-electron chi connectivity index (χ0n) is 11.0. The first-order chi connectivity index (χ1) is 8.63. The number of ether oxygens (including phenoxy) is 1. The molecular weight excluding hydrogens is 228 g/mol. The Hall–Kier alpha value is -1.88. The summed E-state index contributed by atoms with van der Waals surface area (Å²) in [5, 5.41) is 7.95. The number of hydrogen-bond donors (Lipinski definition) is 1. The van der Waals surface area contributed by atoms with E-state index in [2.05, 4.69) is 10.3 Å². The third-order valence-corrected chi connectivity index (χ3v) is 2.98. The molecule has 0 atom stereocenters. The number of benzene rings is 1. The van der Waals surface area contributed by atoms with Crippen LogP contribution in [-0.4, -0.2) is 15.0 Å². The van der Waals surface area contributed by atoms with Gasteiger partial charge in [0.25, 0.3) is 0 Å². The maximum Gasteiger partial charge on any atom is 0.132 e. The van der Waals surface area contributed by atoms with Crippen LogP contribution < -0.4 is 10.5 Å². The molecule has 0 saturated carbocycles. The van der Waals surface area contributed by atoms with Gasteiger partial charge in [0.1, 0.15) is 23.7 Å². The number of para-hydroxylation sites is 1. The summed E-state index contributed by atoms with van der Waals surface area (Å²) in [5.41, 5.74) is 9.57. The first-order valence-corrected chi connectivity index (χ1v) is 5.90. The summed E-state index contributed by atoms with van der Waals surface area (Å²) in [6.07, 6.45) is 0. The van der Waals surface area contributed by atoms with Crippen LogP contribution in [0.4, 0.5) is 0 Å². The molecule has 18 heavy (non-hydrogen) atoms.